The lowest BCUT2D eigenvalue weighted by molar-refractivity contribution is 0.0484. The van der Waals surface area contributed by atoms with Gasteiger partial charge < -0.3 is 10.5 Å². The predicted octanol–water partition coefficient (Wildman–Crippen LogP) is 3.40. The average Bonchev–Trinajstić information content (AvgIpc) is 2.84. The second-order valence-electron chi connectivity index (χ2n) is 2.99. The summed E-state index contributed by atoms with van der Waals surface area (Å²) in [7, 11) is 0. The van der Waals surface area contributed by atoms with Crippen LogP contribution in [0, 0.1) is 0 Å². The van der Waals surface area contributed by atoms with Crippen molar-refractivity contribution in [3.8, 4) is 0 Å². The smallest absolute Gasteiger partial charge is 0.350 e. The van der Waals surface area contributed by atoms with E-state index in [9.17, 15) is 4.79 Å². The van der Waals surface area contributed by atoms with Crippen LogP contribution in [-0.4, -0.2) is 5.97 Å². The summed E-state index contributed by atoms with van der Waals surface area (Å²) >= 11 is 8.43. The van der Waals surface area contributed by atoms with Crippen molar-refractivity contribution in [3.63, 3.8) is 0 Å². The molecule has 2 aromatic rings. The van der Waals surface area contributed by atoms with Crippen LogP contribution >= 0.6 is 34.3 Å². The molecule has 84 valence electrons. The number of hydrogen-bond donors (Lipinski definition) is 1. The van der Waals surface area contributed by atoms with Gasteiger partial charge in [-0.1, -0.05) is 11.6 Å². The molecule has 2 N–H and O–H groups in total. The lowest BCUT2D eigenvalue weighted by Crippen LogP contribution is -2.04. The number of rotatable bonds is 3. The highest BCUT2D eigenvalue weighted by Gasteiger charge is 2.13. The van der Waals surface area contributed by atoms with Crippen LogP contribution in [0.2, 0.25) is 4.34 Å². The normalized spacial score (nSPS) is 10.3. The SMILES string of the molecule is Nc1ccsc1C(=O)OCc1ccc(Cl)s1. The first-order valence-electron chi connectivity index (χ1n) is 4.41. The minimum absolute atomic E-state index is 0.230. The summed E-state index contributed by atoms with van der Waals surface area (Å²) in [6.45, 7) is 0.230. The molecule has 2 aromatic heterocycles. The van der Waals surface area contributed by atoms with E-state index in [1.54, 1.807) is 17.5 Å². The summed E-state index contributed by atoms with van der Waals surface area (Å²) in [5, 5.41) is 1.76. The van der Waals surface area contributed by atoms with Gasteiger partial charge >= 0.3 is 5.97 Å². The molecule has 3 nitrogen and oxygen atoms in total. The molecule has 0 bridgehead atoms. The fourth-order valence-corrected chi connectivity index (χ4v) is 2.83. The predicted molar refractivity (Wildman–Crippen MR) is 67.2 cm³/mol. The van der Waals surface area contributed by atoms with E-state index in [4.69, 9.17) is 22.1 Å². The fourth-order valence-electron chi connectivity index (χ4n) is 1.12. The topological polar surface area (TPSA) is 52.3 Å². The van der Waals surface area contributed by atoms with Gasteiger partial charge in [-0.05, 0) is 23.6 Å². The summed E-state index contributed by atoms with van der Waals surface area (Å²) in [6.07, 6.45) is 0. The Morgan fingerprint density at radius 3 is 2.81 bits per heavy atom. The molecule has 0 radical (unpaired) electrons. The Morgan fingerprint density at radius 1 is 1.44 bits per heavy atom. The van der Waals surface area contributed by atoms with Crippen molar-refractivity contribution in [3.05, 3.63) is 37.7 Å². The van der Waals surface area contributed by atoms with Crippen molar-refractivity contribution in [2.75, 3.05) is 5.73 Å². The highest BCUT2D eigenvalue weighted by molar-refractivity contribution is 7.16. The molecule has 2 heterocycles. The monoisotopic (exact) mass is 273 g/mol. The maximum atomic E-state index is 11.6. The molecule has 16 heavy (non-hydrogen) atoms. The zero-order chi connectivity index (χ0) is 11.5. The van der Waals surface area contributed by atoms with Gasteiger partial charge in [0.25, 0.3) is 0 Å². The van der Waals surface area contributed by atoms with Gasteiger partial charge in [0.1, 0.15) is 11.5 Å². The largest absolute Gasteiger partial charge is 0.456 e. The van der Waals surface area contributed by atoms with Crippen molar-refractivity contribution in [1.82, 2.24) is 0 Å². The average molecular weight is 274 g/mol. The lowest BCUT2D eigenvalue weighted by Gasteiger charge is -2.01. The van der Waals surface area contributed by atoms with Crippen LogP contribution in [0.4, 0.5) is 5.69 Å². The van der Waals surface area contributed by atoms with Crippen LogP contribution in [-0.2, 0) is 11.3 Å². The highest BCUT2D eigenvalue weighted by atomic mass is 35.5. The molecular formula is C10H8ClNO2S2. The molecule has 0 saturated heterocycles. The van der Waals surface area contributed by atoms with Gasteiger partial charge in [-0.15, -0.1) is 22.7 Å². The maximum Gasteiger partial charge on any atom is 0.350 e. The number of carbonyl (C=O) groups excluding carboxylic acids is 1. The van der Waals surface area contributed by atoms with Gasteiger partial charge in [-0.25, -0.2) is 4.79 Å². The van der Waals surface area contributed by atoms with E-state index >= 15 is 0 Å². The van der Waals surface area contributed by atoms with Crippen molar-refractivity contribution in [2.45, 2.75) is 6.61 Å². The van der Waals surface area contributed by atoms with E-state index in [2.05, 4.69) is 0 Å². The van der Waals surface area contributed by atoms with Crippen LogP contribution in [0.1, 0.15) is 14.5 Å². The van der Waals surface area contributed by atoms with Crippen LogP contribution in [0.25, 0.3) is 0 Å². The molecule has 0 aliphatic rings. The molecule has 0 amide bonds. The summed E-state index contributed by atoms with van der Waals surface area (Å²) in [5.41, 5.74) is 6.06. The Balaban J connectivity index is 1.96. The van der Waals surface area contributed by atoms with Gasteiger partial charge in [0.05, 0.1) is 10.0 Å². The minimum Gasteiger partial charge on any atom is -0.456 e. The molecule has 0 unspecified atom stereocenters. The molecule has 2 rings (SSSR count). The Bertz CT molecular complexity index is 506. The molecule has 0 fully saturated rings. The number of ether oxygens (including phenoxy) is 1. The van der Waals surface area contributed by atoms with E-state index in [1.165, 1.54) is 22.7 Å². The first-order valence-corrected chi connectivity index (χ1v) is 6.48. The van der Waals surface area contributed by atoms with E-state index in [0.717, 1.165) is 4.88 Å². The molecule has 0 aromatic carbocycles. The zero-order valence-electron chi connectivity index (χ0n) is 8.10. The minimum atomic E-state index is -0.392. The zero-order valence-corrected chi connectivity index (χ0v) is 10.5. The standard InChI is InChI=1S/C10H8ClNO2S2/c11-8-2-1-6(16-8)5-14-10(13)9-7(12)3-4-15-9/h1-4H,5,12H2. The first kappa shape index (κ1) is 11.4. The maximum absolute atomic E-state index is 11.6. The molecular weight excluding hydrogens is 266 g/mol. The molecule has 0 atom stereocenters. The molecule has 0 spiro atoms. The van der Waals surface area contributed by atoms with E-state index in [0.29, 0.717) is 14.9 Å². The van der Waals surface area contributed by atoms with Crippen molar-refractivity contribution < 1.29 is 9.53 Å². The van der Waals surface area contributed by atoms with Crippen molar-refractivity contribution in [1.29, 1.82) is 0 Å². The summed E-state index contributed by atoms with van der Waals surface area (Å²) < 4.78 is 5.79. The Kier molecular flexibility index (Phi) is 3.48. The van der Waals surface area contributed by atoms with E-state index in [1.807, 2.05) is 6.07 Å². The molecule has 0 saturated carbocycles. The number of halogens is 1. The third kappa shape index (κ3) is 2.55. The summed E-state index contributed by atoms with van der Waals surface area (Å²) in [4.78, 5) is 12.9. The van der Waals surface area contributed by atoms with Gasteiger partial charge in [-0.3, -0.25) is 0 Å². The second kappa shape index (κ2) is 4.86. The third-order valence-electron chi connectivity index (χ3n) is 1.86. The number of thiophene rings is 2. The van der Waals surface area contributed by atoms with Crippen LogP contribution in [0.15, 0.2) is 23.6 Å². The van der Waals surface area contributed by atoms with Gasteiger partial charge in [0.2, 0.25) is 0 Å². The summed E-state index contributed by atoms with van der Waals surface area (Å²) in [6, 6.07) is 5.29. The second-order valence-corrected chi connectivity index (χ2v) is 5.70. The Morgan fingerprint density at radius 2 is 2.25 bits per heavy atom. The number of anilines is 1. The van der Waals surface area contributed by atoms with Crippen LogP contribution in [0.5, 0.6) is 0 Å². The number of nitrogens with two attached hydrogens (primary N) is 1. The number of nitrogen functional groups attached to an aromatic ring is 1. The summed E-state index contributed by atoms with van der Waals surface area (Å²) in [5.74, 6) is -0.392. The van der Waals surface area contributed by atoms with Gasteiger partial charge in [0.15, 0.2) is 0 Å². The molecule has 0 aliphatic carbocycles. The van der Waals surface area contributed by atoms with Gasteiger partial charge in [-0.2, -0.15) is 0 Å². The van der Waals surface area contributed by atoms with E-state index < -0.39 is 5.97 Å². The van der Waals surface area contributed by atoms with Crippen LogP contribution < -0.4 is 5.73 Å². The first-order chi connectivity index (χ1) is 7.66. The molecule has 0 aliphatic heterocycles. The number of hydrogen-bond acceptors (Lipinski definition) is 5. The van der Waals surface area contributed by atoms with Crippen LogP contribution in [0.3, 0.4) is 0 Å². The van der Waals surface area contributed by atoms with Gasteiger partial charge in [0, 0.05) is 4.88 Å². The Labute approximate surface area is 105 Å². The van der Waals surface area contributed by atoms with Crippen molar-refractivity contribution in [2.24, 2.45) is 0 Å². The lowest BCUT2D eigenvalue weighted by atomic mass is 10.4. The van der Waals surface area contributed by atoms with E-state index in [-0.39, 0.29) is 6.61 Å². The van der Waals surface area contributed by atoms with Crippen molar-refractivity contribution >= 4 is 45.9 Å². The number of esters is 1. The Hall–Kier alpha value is -1.04. The quantitative estimate of drug-likeness (QED) is 0.872. The highest BCUT2D eigenvalue weighted by Crippen LogP contribution is 2.24. The molecule has 6 heteroatoms. The number of carbonyl (C=O) groups is 1. The fraction of sp³-hybridized carbons (Fsp3) is 0.100. The third-order valence-corrected chi connectivity index (χ3v) is 3.97.